The number of hydrogen-bond donors (Lipinski definition) is 1. The molecule has 0 spiro atoms. The molecule has 2 aromatic heterocycles. The van der Waals surface area contributed by atoms with Crippen LogP contribution in [0.2, 0.25) is 0 Å². The lowest BCUT2D eigenvalue weighted by Crippen LogP contribution is -1.91. The fourth-order valence-electron chi connectivity index (χ4n) is 1.99. The quantitative estimate of drug-likeness (QED) is 0.853. The van der Waals surface area contributed by atoms with Gasteiger partial charge < -0.3 is 9.52 Å². The minimum atomic E-state index is 0.0379. The number of aromatic nitrogens is 2. The molecule has 0 aromatic carbocycles. The van der Waals surface area contributed by atoms with Gasteiger partial charge in [-0.25, -0.2) is 0 Å². The maximum Gasteiger partial charge on any atom is 0.272 e. The van der Waals surface area contributed by atoms with Crippen LogP contribution in [0.25, 0.3) is 11.6 Å². The lowest BCUT2D eigenvalue weighted by Gasteiger charge is -1.98. The van der Waals surface area contributed by atoms with E-state index in [2.05, 4.69) is 9.98 Å². The number of hydrogen-bond acceptors (Lipinski definition) is 5. The van der Waals surface area contributed by atoms with Crippen molar-refractivity contribution in [2.24, 2.45) is 4.99 Å². The van der Waals surface area contributed by atoms with Crippen LogP contribution in [0.3, 0.4) is 0 Å². The number of rotatable bonds is 2. The summed E-state index contributed by atoms with van der Waals surface area (Å²) in [5.74, 6) is 0.383. The molecule has 1 aliphatic heterocycles. The first-order valence-corrected chi connectivity index (χ1v) is 6.24. The number of aromatic hydroxyl groups is 1. The molecule has 0 atom stereocenters. The third-order valence-corrected chi connectivity index (χ3v) is 3.25. The van der Waals surface area contributed by atoms with Crippen LogP contribution < -0.4 is 0 Å². The lowest BCUT2D eigenvalue weighted by atomic mass is 10.1. The highest BCUT2D eigenvalue weighted by atomic mass is 32.1. The molecule has 1 N–H and O–H groups in total. The van der Waals surface area contributed by atoms with Gasteiger partial charge in [0.15, 0.2) is 5.76 Å². The molecule has 5 nitrogen and oxygen atoms in total. The first kappa shape index (κ1) is 11.9. The van der Waals surface area contributed by atoms with E-state index in [1.807, 2.05) is 13.0 Å². The molecular weight excluding hydrogens is 262 g/mol. The summed E-state index contributed by atoms with van der Waals surface area (Å²) in [5, 5.41) is 10.0. The monoisotopic (exact) mass is 273 g/mol. The van der Waals surface area contributed by atoms with Crippen molar-refractivity contribution in [1.82, 2.24) is 9.55 Å². The number of pyridine rings is 1. The Kier molecular flexibility index (Phi) is 2.79. The second-order valence-corrected chi connectivity index (χ2v) is 4.40. The van der Waals surface area contributed by atoms with Crippen LogP contribution in [0.15, 0.2) is 27.9 Å². The number of nitrogens with zero attached hydrogens (tertiary/aromatic N) is 3. The van der Waals surface area contributed by atoms with Crippen LogP contribution in [0, 0.1) is 4.84 Å². The zero-order valence-electron chi connectivity index (χ0n) is 10.2. The summed E-state index contributed by atoms with van der Waals surface area (Å²) < 4.78 is 6.92. The van der Waals surface area contributed by atoms with E-state index in [0.717, 1.165) is 16.8 Å². The highest BCUT2D eigenvalue weighted by molar-refractivity contribution is 7.71. The molecule has 0 unspecified atom stereocenters. The minimum absolute atomic E-state index is 0.0379. The van der Waals surface area contributed by atoms with Gasteiger partial charge in [0, 0.05) is 30.1 Å². The molecule has 19 heavy (non-hydrogen) atoms. The van der Waals surface area contributed by atoms with Crippen molar-refractivity contribution in [2.75, 3.05) is 0 Å². The SMILES string of the molecule is CCn1c(O)c(/C=C2\C=Nc3cnccc32)oc1=S. The van der Waals surface area contributed by atoms with Gasteiger partial charge in [-0.05, 0) is 31.3 Å². The van der Waals surface area contributed by atoms with Crippen molar-refractivity contribution in [3.05, 3.63) is 34.6 Å². The van der Waals surface area contributed by atoms with Gasteiger partial charge in [-0.3, -0.25) is 14.5 Å². The number of allylic oxidation sites excluding steroid dienone is 1. The highest BCUT2D eigenvalue weighted by Gasteiger charge is 2.15. The van der Waals surface area contributed by atoms with Crippen LogP contribution in [-0.4, -0.2) is 20.9 Å². The van der Waals surface area contributed by atoms with Crippen LogP contribution in [0.1, 0.15) is 18.2 Å². The second kappa shape index (κ2) is 4.47. The Hall–Kier alpha value is -2.21. The molecular formula is C13H11N3O2S. The van der Waals surface area contributed by atoms with E-state index in [9.17, 15) is 5.11 Å². The Morgan fingerprint density at radius 2 is 2.37 bits per heavy atom. The minimum Gasteiger partial charge on any atom is -0.492 e. The van der Waals surface area contributed by atoms with Gasteiger partial charge in [0.1, 0.15) is 0 Å². The van der Waals surface area contributed by atoms with Crippen molar-refractivity contribution in [3.8, 4) is 5.88 Å². The largest absolute Gasteiger partial charge is 0.492 e. The van der Waals surface area contributed by atoms with Gasteiger partial charge in [-0.15, -0.1) is 0 Å². The molecule has 0 radical (unpaired) electrons. The van der Waals surface area contributed by atoms with Gasteiger partial charge in [0.2, 0.25) is 5.88 Å². The molecule has 0 saturated heterocycles. The Labute approximate surface area is 114 Å². The topological polar surface area (TPSA) is 63.5 Å². The Morgan fingerprint density at radius 1 is 1.53 bits per heavy atom. The average Bonchev–Trinajstić information content (AvgIpc) is 2.93. The summed E-state index contributed by atoms with van der Waals surface area (Å²) in [5.41, 5.74) is 2.63. The number of aliphatic imine (C=N–C) groups is 1. The third kappa shape index (κ3) is 1.90. The molecule has 6 heteroatoms. The molecule has 0 fully saturated rings. The second-order valence-electron chi connectivity index (χ2n) is 4.05. The summed E-state index contributed by atoms with van der Waals surface area (Å²) in [6.07, 6.45) is 6.84. The molecule has 0 amide bonds. The Bertz CT molecular complexity index is 755. The Balaban J connectivity index is 2.10. The molecule has 96 valence electrons. The molecule has 1 aliphatic rings. The maximum absolute atomic E-state index is 10.0. The normalized spacial score (nSPS) is 15.1. The van der Waals surface area contributed by atoms with Crippen LogP contribution in [0.5, 0.6) is 5.88 Å². The van der Waals surface area contributed by atoms with Crippen LogP contribution >= 0.6 is 12.2 Å². The summed E-state index contributed by atoms with van der Waals surface area (Å²) in [7, 11) is 0. The number of fused-ring (bicyclic) bond motifs is 1. The van der Waals surface area contributed by atoms with E-state index in [-0.39, 0.29) is 10.7 Å². The summed E-state index contributed by atoms with van der Waals surface area (Å²) >= 11 is 5.04. The molecule has 0 aliphatic carbocycles. The van der Waals surface area contributed by atoms with E-state index in [4.69, 9.17) is 16.6 Å². The van der Waals surface area contributed by atoms with Gasteiger partial charge in [0.05, 0.1) is 11.9 Å². The van der Waals surface area contributed by atoms with Crippen LogP contribution in [0.4, 0.5) is 5.69 Å². The first-order valence-electron chi connectivity index (χ1n) is 5.83. The first-order chi connectivity index (χ1) is 9.20. The van der Waals surface area contributed by atoms with E-state index in [1.54, 1.807) is 24.7 Å². The smallest absolute Gasteiger partial charge is 0.272 e. The zero-order valence-corrected chi connectivity index (χ0v) is 11.0. The third-order valence-electron chi connectivity index (χ3n) is 2.95. The standard InChI is InChI=1S/C13H11N3O2S/c1-2-16-12(17)11(18-13(16)19)5-8-6-15-10-7-14-4-3-9(8)10/h3-7,17H,2H2,1H3/b8-5+. The van der Waals surface area contributed by atoms with Gasteiger partial charge >= 0.3 is 0 Å². The number of oxazole rings is 1. The molecule has 3 heterocycles. The lowest BCUT2D eigenvalue weighted by molar-refractivity contribution is 0.419. The summed E-state index contributed by atoms with van der Waals surface area (Å²) in [4.78, 5) is 8.52. The van der Waals surface area contributed by atoms with Crippen molar-refractivity contribution < 1.29 is 9.52 Å². The van der Waals surface area contributed by atoms with Crippen LogP contribution in [-0.2, 0) is 6.54 Å². The van der Waals surface area contributed by atoms with Gasteiger partial charge in [0.25, 0.3) is 4.84 Å². The van der Waals surface area contributed by atoms with E-state index in [0.29, 0.717) is 12.3 Å². The fraction of sp³-hybridized carbons (Fsp3) is 0.154. The Morgan fingerprint density at radius 3 is 3.11 bits per heavy atom. The van der Waals surface area contributed by atoms with Crippen molar-refractivity contribution in [2.45, 2.75) is 13.5 Å². The summed E-state index contributed by atoms with van der Waals surface area (Å²) in [6, 6.07) is 1.87. The molecule has 0 bridgehead atoms. The highest BCUT2D eigenvalue weighted by Crippen LogP contribution is 2.33. The van der Waals surface area contributed by atoms with E-state index >= 15 is 0 Å². The van der Waals surface area contributed by atoms with Gasteiger partial charge in [-0.1, -0.05) is 0 Å². The maximum atomic E-state index is 10.0. The van der Waals surface area contributed by atoms with Gasteiger partial charge in [-0.2, -0.15) is 0 Å². The van der Waals surface area contributed by atoms with E-state index < -0.39 is 0 Å². The molecule has 2 aromatic rings. The fourth-order valence-corrected chi connectivity index (χ4v) is 2.29. The van der Waals surface area contributed by atoms with Crippen molar-refractivity contribution in [1.29, 1.82) is 0 Å². The molecule has 0 saturated carbocycles. The predicted octanol–water partition coefficient (Wildman–Crippen LogP) is 3.19. The van der Waals surface area contributed by atoms with Crippen molar-refractivity contribution in [3.63, 3.8) is 0 Å². The zero-order chi connectivity index (χ0) is 13.4. The molecule has 3 rings (SSSR count). The van der Waals surface area contributed by atoms with E-state index in [1.165, 1.54) is 4.57 Å². The van der Waals surface area contributed by atoms with Crippen molar-refractivity contribution >= 4 is 35.8 Å². The summed E-state index contributed by atoms with van der Waals surface area (Å²) in [6.45, 7) is 2.45. The predicted molar refractivity (Wildman–Crippen MR) is 75.1 cm³/mol. The average molecular weight is 273 g/mol.